The van der Waals surface area contributed by atoms with E-state index in [1.807, 2.05) is 18.2 Å². The molecule has 1 aliphatic rings. The summed E-state index contributed by atoms with van der Waals surface area (Å²) in [6, 6.07) is 5.80. The van der Waals surface area contributed by atoms with Gasteiger partial charge in [-0.15, -0.1) is 6.42 Å². The lowest BCUT2D eigenvalue weighted by atomic mass is 10.1. The number of hydrogen-bond acceptors (Lipinski definition) is 5. The largest absolute Gasteiger partial charge is 0.496 e. The zero-order valence-electron chi connectivity index (χ0n) is 14.0. The van der Waals surface area contributed by atoms with E-state index in [1.165, 1.54) is 0 Å². The fourth-order valence-corrected chi connectivity index (χ4v) is 3.30. The fourth-order valence-electron chi connectivity index (χ4n) is 2.47. The number of ether oxygens (including phenoxy) is 1. The Morgan fingerprint density at radius 3 is 2.62 bits per heavy atom. The second-order valence-electron chi connectivity index (χ2n) is 5.07. The number of nitrogens with zero attached hydrogens (tertiary/aromatic N) is 2. The van der Waals surface area contributed by atoms with Gasteiger partial charge in [-0.05, 0) is 43.8 Å². The second-order valence-corrected chi connectivity index (χ2v) is 6.06. The zero-order chi connectivity index (χ0) is 17.7. The number of terminal acetylenes is 1. The van der Waals surface area contributed by atoms with E-state index in [1.54, 1.807) is 13.2 Å². The van der Waals surface area contributed by atoms with Gasteiger partial charge in [0, 0.05) is 30.4 Å². The number of carbonyl (C=O) groups excluding carboxylic acids is 2. The van der Waals surface area contributed by atoms with E-state index in [0.717, 1.165) is 41.0 Å². The second kappa shape index (κ2) is 7.93. The summed E-state index contributed by atoms with van der Waals surface area (Å²) < 4.78 is 5.45. The van der Waals surface area contributed by atoms with Crippen LogP contribution in [-0.2, 0) is 4.79 Å². The number of imide groups is 1. The maximum atomic E-state index is 12.2. The third-order valence-electron chi connectivity index (χ3n) is 3.76. The summed E-state index contributed by atoms with van der Waals surface area (Å²) >= 11 is 0.892. The lowest BCUT2D eigenvalue weighted by molar-refractivity contribution is -0.122. The molecule has 0 bridgehead atoms. The minimum absolute atomic E-state index is 0.0138. The number of carbonyl (C=O) groups is 2. The van der Waals surface area contributed by atoms with E-state index in [9.17, 15) is 9.59 Å². The summed E-state index contributed by atoms with van der Waals surface area (Å²) in [7, 11) is 1.59. The van der Waals surface area contributed by atoms with Gasteiger partial charge in [0.2, 0.25) is 0 Å². The molecular formula is C18H20N2O3S. The van der Waals surface area contributed by atoms with Gasteiger partial charge in [-0.2, -0.15) is 0 Å². The van der Waals surface area contributed by atoms with E-state index in [-0.39, 0.29) is 17.7 Å². The van der Waals surface area contributed by atoms with Gasteiger partial charge in [0.25, 0.3) is 11.1 Å². The van der Waals surface area contributed by atoms with Crippen molar-refractivity contribution < 1.29 is 14.3 Å². The summed E-state index contributed by atoms with van der Waals surface area (Å²) in [5.41, 5.74) is 1.80. The Kier molecular flexibility index (Phi) is 5.93. The molecule has 1 heterocycles. The summed E-state index contributed by atoms with van der Waals surface area (Å²) in [6.07, 6.45) is 6.87. The van der Waals surface area contributed by atoms with E-state index in [4.69, 9.17) is 11.2 Å². The first kappa shape index (κ1) is 18.0. The van der Waals surface area contributed by atoms with E-state index < -0.39 is 0 Å². The quantitative estimate of drug-likeness (QED) is 0.586. The molecule has 0 spiro atoms. The number of amides is 2. The van der Waals surface area contributed by atoms with Crippen molar-refractivity contribution in [3.63, 3.8) is 0 Å². The van der Waals surface area contributed by atoms with Crippen molar-refractivity contribution >= 4 is 34.7 Å². The first-order chi connectivity index (χ1) is 11.5. The van der Waals surface area contributed by atoms with Gasteiger partial charge in [-0.25, -0.2) is 0 Å². The molecule has 1 aromatic carbocycles. The summed E-state index contributed by atoms with van der Waals surface area (Å²) in [5.74, 6) is 2.62. The van der Waals surface area contributed by atoms with Crippen molar-refractivity contribution in [2.24, 2.45) is 0 Å². The van der Waals surface area contributed by atoms with Crippen LogP contribution in [0.15, 0.2) is 23.1 Å². The Morgan fingerprint density at radius 2 is 2.04 bits per heavy atom. The fraction of sp³-hybridized carbons (Fsp3) is 0.333. The molecular weight excluding hydrogens is 324 g/mol. The molecule has 1 saturated heterocycles. The molecule has 0 unspecified atom stereocenters. The third-order valence-corrected chi connectivity index (χ3v) is 4.66. The average molecular weight is 344 g/mol. The predicted molar refractivity (Wildman–Crippen MR) is 98.1 cm³/mol. The normalized spacial score (nSPS) is 15.8. The van der Waals surface area contributed by atoms with Crippen LogP contribution in [0, 0.1) is 12.3 Å². The monoisotopic (exact) mass is 344 g/mol. The van der Waals surface area contributed by atoms with E-state index in [0.29, 0.717) is 10.7 Å². The molecule has 0 aliphatic carbocycles. The highest BCUT2D eigenvalue weighted by atomic mass is 32.2. The van der Waals surface area contributed by atoms with Crippen LogP contribution in [0.3, 0.4) is 0 Å². The summed E-state index contributed by atoms with van der Waals surface area (Å²) in [6.45, 7) is 5.95. The van der Waals surface area contributed by atoms with Crippen molar-refractivity contribution in [1.29, 1.82) is 0 Å². The van der Waals surface area contributed by atoms with Gasteiger partial charge in [0.05, 0.1) is 18.6 Å². The van der Waals surface area contributed by atoms with Gasteiger partial charge in [0.1, 0.15) is 5.75 Å². The number of methoxy groups -OCH3 is 1. The molecule has 24 heavy (non-hydrogen) atoms. The molecule has 2 rings (SSSR count). The number of thioether (sulfide) groups is 1. The van der Waals surface area contributed by atoms with Crippen molar-refractivity contribution in [3.8, 4) is 18.1 Å². The van der Waals surface area contributed by atoms with Crippen LogP contribution in [-0.4, -0.2) is 42.8 Å². The third kappa shape index (κ3) is 3.57. The van der Waals surface area contributed by atoms with Crippen LogP contribution >= 0.6 is 11.8 Å². The molecule has 1 aliphatic heterocycles. The van der Waals surface area contributed by atoms with Gasteiger partial charge in [0.15, 0.2) is 0 Å². The SMILES string of the molecule is C#CCN1C(=O)S/C(=C/c2ccc(N(CC)CC)cc2OC)C1=O. The molecule has 1 fully saturated rings. The lowest BCUT2D eigenvalue weighted by Gasteiger charge is -2.22. The van der Waals surface area contributed by atoms with Crippen LogP contribution in [0.4, 0.5) is 10.5 Å². The van der Waals surface area contributed by atoms with E-state index in [2.05, 4.69) is 24.7 Å². The first-order valence-corrected chi connectivity index (χ1v) is 8.49. The highest BCUT2D eigenvalue weighted by Gasteiger charge is 2.34. The van der Waals surface area contributed by atoms with E-state index >= 15 is 0 Å². The lowest BCUT2D eigenvalue weighted by Crippen LogP contribution is -2.28. The van der Waals surface area contributed by atoms with Crippen molar-refractivity contribution in [2.45, 2.75) is 13.8 Å². The maximum Gasteiger partial charge on any atom is 0.294 e. The molecule has 0 atom stereocenters. The van der Waals surface area contributed by atoms with Crippen LogP contribution in [0.25, 0.3) is 6.08 Å². The number of rotatable bonds is 6. The average Bonchev–Trinajstić information content (AvgIpc) is 2.85. The van der Waals surface area contributed by atoms with Crippen molar-refractivity contribution in [3.05, 3.63) is 28.7 Å². The Bertz CT molecular complexity index is 717. The van der Waals surface area contributed by atoms with Gasteiger partial charge in [-0.3, -0.25) is 14.5 Å². The molecule has 5 nitrogen and oxygen atoms in total. The predicted octanol–water partition coefficient (Wildman–Crippen LogP) is 3.21. The van der Waals surface area contributed by atoms with Crippen LogP contribution in [0.1, 0.15) is 19.4 Å². The zero-order valence-corrected chi connectivity index (χ0v) is 14.9. The molecule has 0 radical (unpaired) electrons. The summed E-state index contributed by atoms with van der Waals surface area (Å²) in [4.78, 5) is 27.7. The Hall–Kier alpha value is -2.39. The first-order valence-electron chi connectivity index (χ1n) is 7.67. The minimum atomic E-state index is -0.363. The topological polar surface area (TPSA) is 49.9 Å². The molecule has 2 amide bonds. The molecule has 1 aromatic rings. The molecule has 0 N–H and O–H groups in total. The standard InChI is InChI=1S/C18H20N2O3S/c1-5-10-20-17(21)16(24-18(20)22)11-13-8-9-14(12-15(13)23-4)19(6-2)7-3/h1,8-9,11-12H,6-7,10H2,2-4H3/b16-11+. The number of benzene rings is 1. The van der Waals surface area contributed by atoms with Crippen LogP contribution < -0.4 is 9.64 Å². The maximum absolute atomic E-state index is 12.2. The molecule has 6 heteroatoms. The van der Waals surface area contributed by atoms with Crippen molar-refractivity contribution in [1.82, 2.24) is 4.90 Å². The minimum Gasteiger partial charge on any atom is -0.496 e. The number of anilines is 1. The summed E-state index contributed by atoms with van der Waals surface area (Å²) in [5, 5.41) is -0.345. The number of hydrogen-bond donors (Lipinski definition) is 0. The van der Waals surface area contributed by atoms with Gasteiger partial charge in [-0.1, -0.05) is 5.92 Å². The highest BCUT2D eigenvalue weighted by Crippen LogP contribution is 2.34. The molecule has 126 valence electrons. The van der Waals surface area contributed by atoms with Crippen LogP contribution in [0.2, 0.25) is 0 Å². The Labute approximate surface area is 146 Å². The molecule has 0 saturated carbocycles. The van der Waals surface area contributed by atoms with Crippen molar-refractivity contribution in [2.75, 3.05) is 31.6 Å². The van der Waals surface area contributed by atoms with Gasteiger partial charge >= 0.3 is 0 Å². The van der Waals surface area contributed by atoms with Crippen LogP contribution in [0.5, 0.6) is 5.75 Å². The Balaban J connectivity index is 2.34. The van der Waals surface area contributed by atoms with Gasteiger partial charge < -0.3 is 9.64 Å². The Morgan fingerprint density at radius 1 is 1.33 bits per heavy atom. The molecule has 0 aromatic heterocycles. The highest BCUT2D eigenvalue weighted by molar-refractivity contribution is 8.18. The smallest absolute Gasteiger partial charge is 0.294 e.